The largest absolute Gasteiger partial charge is 0.492 e. The van der Waals surface area contributed by atoms with Crippen molar-refractivity contribution in [2.75, 3.05) is 54.0 Å². The molecule has 3 heterocycles. The van der Waals surface area contributed by atoms with Crippen LogP contribution in [0, 0.1) is 0 Å². The maximum atomic E-state index is 13.6. The van der Waals surface area contributed by atoms with Crippen molar-refractivity contribution < 1.29 is 22.7 Å². The lowest BCUT2D eigenvalue weighted by Crippen LogP contribution is -2.42. The van der Waals surface area contributed by atoms with Crippen LogP contribution in [0.15, 0.2) is 60.9 Å². The van der Waals surface area contributed by atoms with Crippen molar-refractivity contribution >= 4 is 27.1 Å². The Morgan fingerprint density at radius 2 is 1.71 bits per heavy atom. The van der Waals surface area contributed by atoms with Crippen LogP contribution in [-0.4, -0.2) is 101 Å². The summed E-state index contributed by atoms with van der Waals surface area (Å²) in [5, 5.41) is 0. The summed E-state index contributed by atoms with van der Waals surface area (Å²) in [5.74, 6) is 1.89. The fourth-order valence-electron chi connectivity index (χ4n) is 5.43. The number of hydrogen-bond donors (Lipinski definition) is 0. The van der Waals surface area contributed by atoms with E-state index >= 15 is 0 Å². The number of nitrogens with zero attached hydrogens (tertiary/aromatic N) is 7. The number of ether oxygens (including phenoxy) is 2. The number of amides is 1. The fourth-order valence-corrected chi connectivity index (χ4v) is 6.55. The highest BCUT2D eigenvalue weighted by molar-refractivity contribution is 7.86. The monoisotopic (exact) mass is 635 g/mol. The van der Waals surface area contributed by atoms with E-state index in [1.54, 1.807) is 13.3 Å². The Morgan fingerprint density at radius 1 is 0.956 bits per heavy atom. The Balaban J connectivity index is 1.34. The molecule has 1 amide bonds. The Morgan fingerprint density at radius 3 is 2.49 bits per heavy atom. The molecule has 0 fully saturated rings. The van der Waals surface area contributed by atoms with Crippen LogP contribution in [-0.2, 0) is 28.0 Å². The number of benzene rings is 2. The predicted molar refractivity (Wildman–Crippen MR) is 172 cm³/mol. The quantitative estimate of drug-likeness (QED) is 0.315. The van der Waals surface area contributed by atoms with Crippen LogP contribution in [0.4, 0.5) is 0 Å². The molecule has 0 N–H and O–H groups in total. The molecule has 0 atom stereocenters. The van der Waals surface area contributed by atoms with Gasteiger partial charge in [0, 0.05) is 77.6 Å². The van der Waals surface area contributed by atoms with Gasteiger partial charge >= 0.3 is 0 Å². The molecule has 2 aromatic carbocycles. The molecule has 1 aliphatic rings. The second-order valence-electron chi connectivity index (χ2n) is 11.1. The Bertz CT molecular complexity index is 1710. The SMILES string of the molecule is COc1nc2ccccc2nc1CCC(=O)N1CCCCN(S(=O)(=O)N(C)C)CCOc2cccc(c2)-c2nccn2CCC1. The van der Waals surface area contributed by atoms with E-state index in [1.165, 1.54) is 22.7 Å². The first-order valence-electron chi connectivity index (χ1n) is 15.3. The van der Waals surface area contributed by atoms with Crippen LogP contribution < -0.4 is 9.47 Å². The molecule has 4 aromatic rings. The maximum Gasteiger partial charge on any atom is 0.281 e. The van der Waals surface area contributed by atoms with Gasteiger partial charge in [-0.2, -0.15) is 17.0 Å². The van der Waals surface area contributed by atoms with Crippen molar-refractivity contribution in [2.45, 2.75) is 38.6 Å². The first-order chi connectivity index (χ1) is 21.8. The van der Waals surface area contributed by atoms with E-state index in [-0.39, 0.29) is 25.5 Å². The summed E-state index contributed by atoms with van der Waals surface area (Å²) in [6, 6.07) is 15.2. The van der Waals surface area contributed by atoms with Gasteiger partial charge in [0.1, 0.15) is 23.9 Å². The van der Waals surface area contributed by atoms with E-state index in [0.29, 0.717) is 62.8 Å². The average molecular weight is 636 g/mol. The van der Waals surface area contributed by atoms with E-state index in [1.807, 2.05) is 59.6 Å². The highest BCUT2D eigenvalue weighted by Crippen LogP contribution is 2.24. The third kappa shape index (κ3) is 7.96. The van der Waals surface area contributed by atoms with Crippen LogP contribution in [0.2, 0.25) is 0 Å². The molecule has 0 unspecified atom stereocenters. The van der Waals surface area contributed by atoms with Crippen molar-refractivity contribution in [3.63, 3.8) is 0 Å². The maximum absolute atomic E-state index is 13.6. The van der Waals surface area contributed by atoms with Crippen LogP contribution in [0.25, 0.3) is 22.4 Å². The minimum absolute atomic E-state index is 0.00894. The van der Waals surface area contributed by atoms with Crippen LogP contribution in [0.5, 0.6) is 11.6 Å². The topological polar surface area (TPSA) is 123 Å². The number of fused-ring (bicyclic) bond motifs is 5. The summed E-state index contributed by atoms with van der Waals surface area (Å²) < 4.78 is 42.4. The van der Waals surface area contributed by atoms with Gasteiger partial charge in [0.05, 0.1) is 18.1 Å². The number of carbonyl (C=O) groups excluding carboxylic acids is 1. The Labute approximate surface area is 264 Å². The molecule has 5 rings (SSSR count). The summed E-state index contributed by atoms with van der Waals surface area (Å²) in [4.78, 5) is 29.4. The molecule has 240 valence electrons. The van der Waals surface area contributed by atoms with E-state index < -0.39 is 10.2 Å². The molecule has 2 aromatic heterocycles. The molecule has 0 saturated carbocycles. The van der Waals surface area contributed by atoms with Gasteiger partial charge in [-0.3, -0.25) is 4.79 Å². The zero-order valence-corrected chi connectivity index (χ0v) is 26.9. The minimum atomic E-state index is -3.65. The Kier molecular flexibility index (Phi) is 10.6. The van der Waals surface area contributed by atoms with E-state index in [4.69, 9.17) is 14.5 Å². The molecule has 1 aliphatic heterocycles. The van der Waals surface area contributed by atoms with E-state index in [2.05, 4.69) is 14.5 Å². The molecule has 0 saturated heterocycles. The fraction of sp³-hybridized carbons (Fsp3) is 0.438. The predicted octanol–water partition coefficient (Wildman–Crippen LogP) is 3.63. The number of methoxy groups -OCH3 is 1. The molecule has 2 bridgehead atoms. The second-order valence-corrected chi connectivity index (χ2v) is 13.3. The summed E-state index contributed by atoms with van der Waals surface area (Å²) in [6.45, 7) is 2.49. The Hall–Kier alpha value is -4.07. The normalized spacial score (nSPS) is 15.8. The second kappa shape index (κ2) is 14.8. The average Bonchev–Trinajstić information content (AvgIpc) is 3.51. The van der Waals surface area contributed by atoms with Crippen LogP contribution in [0.3, 0.4) is 0 Å². The standard InChI is InChI=1S/C32H41N7O5S/c1-36(2)45(41,42)39-20-7-6-17-37(30(40)15-14-29-32(43-3)35-28-13-5-4-12-27(28)34-29)18-9-19-38-21-16-33-31(38)25-10-8-11-26(24-25)44-23-22-39/h4-5,8,10-13,16,21,24H,6-7,9,14-15,17-20,22-23H2,1-3H3. The van der Waals surface area contributed by atoms with Crippen LogP contribution >= 0.6 is 0 Å². The van der Waals surface area contributed by atoms with Crippen molar-refractivity contribution in [2.24, 2.45) is 0 Å². The molecule has 0 radical (unpaired) electrons. The molecule has 12 nitrogen and oxygen atoms in total. The molecule has 0 spiro atoms. The van der Waals surface area contributed by atoms with E-state index in [0.717, 1.165) is 28.8 Å². The van der Waals surface area contributed by atoms with Gasteiger partial charge in [-0.25, -0.2) is 15.0 Å². The minimum Gasteiger partial charge on any atom is -0.492 e. The molecule has 0 aliphatic carbocycles. The zero-order valence-electron chi connectivity index (χ0n) is 26.1. The summed E-state index contributed by atoms with van der Waals surface area (Å²) in [5.41, 5.74) is 3.04. The van der Waals surface area contributed by atoms with Gasteiger partial charge in [0.2, 0.25) is 11.8 Å². The third-order valence-corrected chi connectivity index (χ3v) is 9.79. The zero-order chi connectivity index (χ0) is 31.8. The van der Waals surface area contributed by atoms with Gasteiger partial charge < -0.3 is 18.9 Å². The van der Waals surface area contributed by atoms with Gasteiger partial charge in [0.15, 0.2) is 0 Å². The molecular formula is C32H41N7O5S. The summed E-state index contributed by atoms with van der Waals surface area (Å²) >= 11 is 0. The third-order valence-electron chi connectivity index (χ3n) is 7.85. The highest BCUT2D eigenvalue weighted by Gasteiger charge is 2.25. The number of aryl methyl sites for hydroxylation is 2. The van der Waals surface area contributed by atoms with Gasteiger partial charge in [-0.05, 0) is 43.5 Å². The summed E-state index contributed by atoms with van der Waals surface area (Å²) in [7, 11) is 0.965. The van der Waals surface area contributed by atoms with Gasteiger partial charge in [0.25, 0.3) is 10.2 Å². The van der Waals surface area contributed by atoms with Gasteiger partial charge in [-0.1, -0.05) is 24.3 Å². The lowest BCUT2D eigenvalue weighted by molar-refractivity contribution is -0.131. The number of para-hydroxylation sites is 2. The van der Waals surface area contributed by atoms with E-state index in [9.17, 15) is 13.2 Å². The van der Waals surface area contributed by atoms with Crippen molar-refractivity contribution in [3.05, 3.63) is 66.6 Å². The molecule has 13 heteroatoms. The first kappa shape index (κ1) is 32.3. The number of hydrogen-bond acceptors (Lipinski definition) is 8. The number of carbonyl (C=O) groups is 1. The van der Waals surface area contributed by atoms with Crippen molar-refractivity contribution in [1.29, 1.82) is 0 Å². The highest BCUT2D eigenvalue weighted by atomic mass is 32.2. The number of imidazole rings is 1. The van der Waals surface area contributed by atoms with Crippen molar-refractivity contribution in [3.8, 4) is 23.0 Å². The van der Waals surface area contributed by atoms with Crippen molar-refractivity contribution in [1.82, 2.24) is 33.0 Å². The summed E-state index contributed by atoms with van der Waals surface area (Å²) in [6.07, 6.45) is 6.35. The molecular weight excluding hydrogens is 594 g/mol. The number of aromatic nitrogens is 4. The lowest BCUT2D eigenvalue weighted by atomic mass is 10.2. The first-order valence-corrected chi connectivity index (χ1v) is 16.7. The molecule has 45 heavy (non-hydrogen) atoms. The van der Waals surface area contributed by atoms with Gasteiger partial charge in [-0.15, -0.1) is 0 Å². The lowest BCUT2D eigenvalue weighted by Gasteiger charge is -2.26. The van der Waals surface area contributed by atoms with Crippen LogP contribution in [0.1, 0.15) is 31.4 Å². The smallest absolute Gasteiger partial charge is 0.281 e. The number of rotatable bonds is 6.